The molecule has 0 saturated heterocycles. The van der Waals surface area contributed by atoms with Crippen LogP contribution in [0.2, 0.25) is 0 Å². The van der Waals surface area contributed by atoms with Crippen molar-refractivity contribution in [3.05, 3.63) is 54.4 Å². The Hall–Kier alpha value is -3.08. The largest absolute Gasteiger partial charge is 0.454 e. The summed E-state index contributed by atoms with van der Waals surface area (Å²) >= 11 is 0. The van der Waals surface area contributed by atoms with Gasteiger partial charge in [0.15, 0.2) is 17.2 Å². The molecule has 5 nitrogen and oxygen atoms in total. The van der Waals surface area contributed by atoms with Gasteiger partial charge in [0, 0.05) is 28.7 Å². The van der Waals surface area contributed by atoms with Crippen LogP contribution in [0.5, 0.6) is 0 Å². The first-order chi connectivity index (χ1) is 13.4. The van der Waals surface area contributed by atoms with Crippen molar-refractivity contribution in [2.75, 3.05) is 9.80 Å². The number of aromatic nitrogens is 2. The summed E-state index contributed by atoms with van der Waals surface area (Å²) in [6, 6.07) is 12.5. The average molecular weight is 372 g/mol. The molecule has 0 amide bonds. The molecular weight excluding hydrogens is 348 g/mol. The molecule has 0 aliphatic carbocycles. The molecule has 0 saturated carbocycles. The van der Waals surface area contributed by atoms with Crippen molar-refractivity contribution in [3.63, 3.8) is 0 Å². The van der Waals surface area contributed by atoms with Gasteiger partial charge in [0.2, 0.25) is 0 Å². The molecule has 5 heteroatoms. The Labute approximate surface area is 164 Å². The van der Waals surface area contributed by atoms with E-state index in [1.807, 2.05) is 12.1 Å². The van der Waals surface area contributed by atoms with Crippen molar-refractivity contribution in [3.8, 4) is 0 Å². The molecule has 0 radical (unpaired) electrons. The van der Waals surface area contributed by atoms with E-state index in [0.717, 1.165) is 44.8 Å². The summed E-state index contributed by atoms with van der Waals surface area (Å²) in [6.45, 7) is 11.0. The third kappa shape index (κ3) is 2.25. The number of hydrogen-bond donors (Lipinski definition) is 0. The summed E-state index contributed by atoms with van der Waals surface area (Å²) in [6.07, 6.45) is 3.59. The third-order valence-corrected chi connectivity index (χ3v) is 5.55. The normalized spacial score (nSPS) is 17.0. The molecule has 0 fully saturated rings. The second-order valence-corrected chi connectivity index (χ2v) is 8.45. The van der Waals surface area contributed by atoms with Gasteiger partial charge in [-0.15, -0.1) is 0 Å². The van der Waals surface area contributed by atoms with Gasteiger partial charge < -0.3 is 9.32 Å². The van der Waals surface area contributed by atoms with Crippen LogP contribution in [-0.4, -0.2) is 21.7 Å². The number of anilines is 3. The van der Waals surface area contributed by atoms with E-state index in [1.54, 1.807) is 12.4 Å². The third-order valence-electron chi connectivity index (χ3n) is 5.55. The lowest BCUT2D eigenvalue weighted by molar-refractivity contribution is 0.464. The van der Waals surface area contributed by atoms with Crippen molar-refractivity contribution >= 4 is 39.3 Å². The van der Waals surface area contributed by atoms with E-state index >= 15 is 0 Å². The highest BCUT2D eigenvalue weighted by atomic mass is 16.3. The second-order valence-electron chi connectivity index (χ2n) is 8.45. The number of hydrogen-bond acceptors (Lipinski definition) is 5. The number of rotatable bonds is 1. The monoisotopic (exact) mass is 372 g/mol. The zero-order valence-electron chi connectivity index (χ0n) is 16.9. The van der Waals surface area contributed by atoms with Crippen LogP contribution in [0.4, 0.5) is 17.3 Å². The second kappa shape index (κ2) is 5.71. The van der Waals surface area contributed by atoms with Crippen LogP contribution in [0.3, 0.4) is 0 Å². The molecule has 4 aromatic rings. The van der Waals surface area contributed by atoms with E-state index in [-0.39, 0.29) is 11.7 Å². The molecular formula is C23H24N4O. The summed E-state index contributed by atoms with van der Waals surface area (Å²) in [5, 5.41) is 2.26. The molecule has 5 rings (SSSR count). The van der Waals surface area contributed by atoms with Crippen LogP contribution in [-0.2, 0) is 0 Å². The lowest BCUT2D eigenvalue weighted by Gasteiger charge is -2.38. The predicted octanol–water partition coefficient (Wildman–Crippen LogP) is 5.79. The average Bonchev–Trinajstić information content (AvgIpc) is 3.16. The van der Waals surface area contributed by atoms with E-state index < -0.39 is 0 Å². The van der Waals surface area contributed by atoms with Gasteiger partial charge in [-0.1, -0.05) is 30.3 Å². The number of nitrogens with zero attached hydrogens (tertiary/aromatic N) is 4. The molecule has 3 heterocycles. The minimum Gasteiger partial charge on any atom is -0.454 e. The van der Waals surface area contributed by atoms with Crippen molar-refractivity contribution in [2.45, 2.75) is 46.3 Å². The molecule has 2 aromatic heterocycles. The maximum Gasteiger partial charge on any atom is 0.178 e. The zero-order chi connectivity index (χ0) is 19.6. The maximum absolute atomic E-state index is 6.35. The number of para-hydroxylation sites is 1. The fourth-order valence-corrected chi connectivity index (χ4v) is 4.48. The summed E-state index contributed by atoms with van der Waals surface area (Å²) in [7, 11) is 0. The first kappa shape index (κ1) is 17.0. The molecule has 142 valence electrons. The molecule has 0 N–H and O–H groups in total. The van der Waals surface area contributed by atoms with E-state index in [1.165, 1.54) is 0 Å². The molecule has 28 heavy (non-hydrogen) atoms. The van der Waals surface area contributed by atoms with Crippen LogP contribution in [0.1, 0.15) is 33.3 Å². The fraction of sp³-hybridized carbons (Fsp3) is 0.304. The summed E-state index contributed by atoms with van der Waals surface area (Å²) in [5.74, 6) is 1.79. The van der Waals surface area contributed by atoms with Crippen molar-refractivity contribution in [1.82, 2.24) is 9.97 Å². The van der Waals surface area contributed by atoms with E-state index in [2.05, 4.69) is 73.7 Å². The molecule has 2 aromatic carbocycles. The first-order valence-electron chi connectivity index (χ1n) is 9.68. The Bertz CT molecular complexity index is 1200. The van der Waals surface area contributed by atoms with Crippen LogP contribution in [0.15, 0.2) is 53.2 Å². The summed E-state index contributed by atoms with van der Waals surface area (Å²) < 4.78 is 6.35. The van der Waals surface area contributed by atoms with Gasteiger partial charge >= 0.3 is 0 Å². The van der Waals surface area contributed by atoms with Gasteiger partial charge in [0.1, 0.15) is 11.7 Å². The molecule has 1 aliphatic rings. The Morgan fingerprint density at radius 1 is 0.929 bits per heavy atom. The minimum atomic E-state index is -0.0887. The SMILES string of the molecule is Cc1ccc2c(oc3ccccc32)c1N1c2nccnc2N(C(C)(C)C)[C@@H]1C. The highest BCUT2D eigenvalue weighted by molar-refractivity contribution is 6.10. The molecule has 0 unspecified atom stereocenters. The maximum atomic E-state index is 6.35. The summed E-state index contributed by atoms with van der Waals surface area (Å²) in [4.78, 5) is 14.0. The number of furan rings is 1. The van der Waals surface area contributed by atoms with Crippen molar-refractivity contribution < 1.29 is 4.42 Å². The molecule has 0 bridgehead atoms. The predicted molar refractivity (Wildman–Crippen MR) is 114 cm³/mol. The number of benzene rings is 2. The minimum absolute atomic E-state index is 0.0647. The van der Waals surface area contributed by atoms with Gasteiger partial charge in [0.25, 0.3) is 0 Å². The van der Waals surface area contributed by atoms with Gasteiger partial charge in [0.05, 0.1) is 5.69 Å². The summed E-state index contributed by atoms with van der Waals surface area (Å²) in [5.41, 5.74) is 3.94. The highest BCUT2D eigenvalue weighted by Crippen LogP contribution is 2.48. The Morgan fingerprint density at radius 3 is 2.39 bits per heavy atom. The van der Waals surface area contributed by atoms with Crippen LogP contribution in [0.25, 0.3) is 21.9 Å². The Balaban J connectivity index is 1.82. The molecule has 1 atom stereocenters. The van der Waals surface area contributed by atoms with Crippen LogP contribution in [0, 0.1) is 6.92 Å². The highest BCUT2D eigenvalue weighted by Gasteiger charge is 2.43. The van der Waals surface area contributed by atoms with Gasteiger partial charge in [-0.2, -0.15) is 0 Å². The van der Waals surface area contributed by atoms with E-state index in [4.69, 9.17) is 9.40 Å². The lowest BCUT2D eigenvalue weighted by atomic mass is 10.1. The lowest BCUT2D eigenvalue weighted by Crippen LogP contribution is -2.49. The van der Waals surface area contributed by atoms with Crippen molar-refractivity contribution in [2.24, 2.45) is 0 Å². The van der Waals surface area contributed by atoms with Gasteiger partial charge in [-0.3, -0.25) is 4.90 Å². The molecule has 1 aliphatic heterocycles. The van der Waals surface area contributed by atoms with Crippen molar-refractivity contribution in [1.29, 1.82) is 0 Å². The van der Waals surface area contributed by atoms with Crippen LogP contribution >= 0.6 is 0 Å². The topological polar surface area (TPSA) is 45.4 Å². The fourth-order valence-electron chi connectivity index (χ4n) is 4.48. The standard InChI is InChI=1S/C23H24N4O/c1-14-10-11-17-16-8-6-7-9-18(16)28-20(17)19(14)26-15(2)27(23(3,4)5)22-21(26)24-12-13-25-22/h6-13,15H,1-5H3/t15-/m1/s1. The van der Waals surface area contributed by atoms with E-state index in [9.17, 15) is 0 Å². The Kier molecular flexibility index (Phi) is 3.48. The zero-order valence-corrected chi connectivity index (χ0v) is 16.9. The van der Waals surface area contributed by atoms with E-state index in [0.29, 0.717) is 0 Å². The Morgan fingerprint density at radius 2 is 1.64 bits per heavy atom. The van der Waals surface area contributed by atoms with Gasteiger partial charge in [-0.25, -0.2) is 9.97 Å². The molecule has 0 spiro atoms. The smallest absolute Gasteiger partial charge is 0.178 e. The first-order valence-corrected chi connectivity index (χ1v) is 9.68. The van der Waals surface area contributed by atoms with Crippen LogP contribution < -0.4 is 9.80 Å². The number of aryl methyl sites for hydroxylation is 1. The quantitative estimate of drug-likeness (QED) is 0.423. The van der Waals surface area contributed by atoms with Gasteiger partial charge in [-0.05, 0) is 46.2 Å². The number of fused-ring (bicyclic) bond motifs is 4.